The summed E-state index contributed by atoms with van der Waals surface area (Å²) >= 11 is 0. The van der Waals surface area contributed by atoms with Crippen LogP contribution in [0.15, 0.2) is 36.5 Å². The van der Waals surface area contributed by atoms with Crippen LogP contribution in [0.4, 0.5) is 0 Å². The van der Waals surface area contributed by atoms with Gasteiger partial charge in [-0.25, -0.2) is 24.3 Å². The molecule has 3 aliphatic carbocycles. The first-order chi connectivity index (χ1) is 8.00. The summed E-state index contributed by atoms with van der Waals surface area (Å²) in [5.74, 6) is 0. The molecule has 3 rings (SSSR count). The molecule has 1 saturated carbocycles. The molecule has 100 valence electrons. The van der Waals surface area contributed by atoms with Crippen molar-refractivity contribution in [3.8, 4) is 0 Å². The molecule has 0 bridgehead atoms. The monoisotopic (exact) mass is 429 g/mol. The summed E-state index contributed by atoms with van der Waals surface area (Å²) in [6.45, 7) is 0. The first-order valence-corrected chi connectivity index (χ1v) is 6.25. The third-order valence-electron chi connectivity index (χ3n) is 2.49. The minimum atomic E-state index is 0. The second-order valence-corrected chi connectivity index (χ2v) is 3.93. The smallest absolute Gasteiger partial charge is 0 e. The molecular weight excluding hydrogens is 406 g/mol. The third kappa shape index (κ3) is 14.2. The van der Waals surface area contributed by atoms with Crippen LogP contribution in [0.3, 0.4) is 0 Å². The van der Waals surface area contributed by atoms with Crippen molar-refractivity contribution in [2.75, 3.05) is 0 Å². The standard InChI is InChI=1S/C6H11.2C5H5.ClH.Hf/c1-2-4-6-5-3-1;2*1-2-4-5-3-1;;/h1H,2-6H2;2*1-3H,4H2;1H;/q3*-1;;. The molecular formula is C16H22ClHf-3. The molecule has 0 aromatic heterocycles. The molecule has 18 heavy (non-hydrogen) atoms. The Morgan fingerprint density at radius 1 is 0.778 bits per heavy atom. The minimum Gasteiger partial charge on any atom is -0.328 e. The molecule has 1 fully saturated rings. The van der Waals surface area contributed by atoms with E-state index in [2.05, 4.69) is 30.7 Å². The molecule has 0 spiro atoms. The fourth-order valence-corrected chi connectivity index (χ4v) is 1.58. The molecule has 2 heteroatoms. The topological polar surface area (TPSA) is 0 Å². The van der Waals surface area contributed by atoms with Crippen molar-refractivity contribution in [1.29, 1.82) is 0 Å². The largest absolute Gasteiger partial charge is 0.328 e. The molecule has 0 nitrogen and oxygen atoms in total. The van der Waals surface area contributed by atoms with E-state index in [1.54, 1.807) is 0 Å². The van der Waals surface area contributed by atoms with Gasteiger partial charge in [0.1, 0.15) is 0 Å². The third-order valence-corrected chi connectivity index (χ3v) is 2.49. The molecule has 0 saturated heterocycles. The van der Waals surface area contributed by atoms with E-state index in [9.17, 15) is 0 Å². The van der Waals surface area contributed by atoms with Crippen LogP contribution in [-0.4, -0.2) is 0 Å². The fraction of sp³-hybridized carbons (Fsp3) is 0.438. The van der Waals surface area contributed by atoms with Crippen LogP contribution in [0.25, 0.3) is 0 Å². The van der Waals surface area contributed by atoms with Crippen LogP contribution in [0.2, 0.25) is 0 Å². The van der Waals surface area contributed by atoms with Crippen molar-refractivity contribution in [1.82, 2.24) is 0 Å². The summed E-state index contributed by atoms with van der Waals surface area (Å²) in [6.07, 6.45) is 29.5. The SMILES string of the molecule is Cl.[C-]1=CC=CC1.[C-]1=CC=CC1.[CH-]1CCCCC1.[Hf]. The van der Waals surface area contributed by atoms with Gasteiger partial charge in [-0.2, -0.15) is 25.0 Å². The van der Waals surface area contributed by atoms with E-state index >= 15 is 0 Å². The zero-order chi connectivity index (χ0) is 11.3. The van der Waals surface area contributed by atoms with Crippen molar-refractivity contribution in [2.24, 2.45) is 0 Å². The van der Waals surface area contributed by atoms with Gasteiger partial charge in [-0.1, -0.05) is 19.3 Å². The van der Waals surface area contributed by atoms with Crippen LogP contribution in [0.1, 0.15) is 44.9 Å². The van der Waals surface area contributed by atoms with Crippen LogP contribution >= 0.6 is 12.4 Å². The first kappa shape index (κ1) is 20.4. The molecule has 0 aromatic rings. The Morgan fingerprint density at radius 3 is 1.39 bits per heavy atom. The Kier molecular flexibility index (Phi) is 19.4. The summed E-state index contributed by atoms with van der Waals surface area (Å²) in [5.41, 5.74) is 0. The maximum atomic E-state index is 2.99. The van der Waals surface area contributed by atoms with Gasteiger partial charge in [-0.3, -0.25) is 12.2 Å². The second-order valence-electron chi connectivity index (χ2n) is 3.93. The van der Waals surface area contributed by atoms with Crippen LogP contribution in [0.5, 0.6) is 0 Å². The molecule has 0 unspecified atom stereocenters. The van der Waals surface area contributed by atoms with Crippen molar-refractivity contribution >= 4 is 12.4 Å². The molecule has 0 N–H and O–H groups in total. The summed E-state index contributed by atoms with van der Waals surface area (Å²) in [7, 11) is 0. The fourth-order valence-electron chi connectivity index (χ4n) is 1.58. The number of halogens is 1. The van der Waals surface area contributed by atoms with Gasteiger partial charge in [0.15, 0.2) is 0 Å². The van der Waals surface area contributed by atoms with Gasteiger partial charge < -0.3 is 6.42 Å². The molecule has 0 heterocycles. The number of allylic oxidation sites excluding steroid dienone is 8. The van der Waals surface area contributed by atoms with Crippen LogP contribution in [-0.2, 0) is 25.8 Å². The van der Waals surface area contributed by atoms with Gasteiger partial charge in [0.25, 0.3) is 0 Å². The zero-order valence-corrected chi connectivity index (χ0v) is 15.3. The summed E-state index contributed by atoms with van der Waals surface area (Å²) in [5, 5.41) is 0. The Bertz CT molecular complexity index is 207. The summed E-state index contributed by atoms with van der Waals surface area (Å²) < 4.78 is 0. The Morgan fingerprint density at radius 2 is 1.28 bits per heavy atom. The first-order valence-electron chi connectivity index (χ1n) is 6.25. The predicted octanol–water partition coefficient (Wildman–Crippen LogP) is 5.19. The van der Waals surface area contributed by atoms with E-state index in [-0.39, 0.29) is 38.3 Å². The van der Waals surface area contributed by atoms with Crippen molar-refractivity contribution in [3.63, 3.8) is 0 Å². The second kappa shape index (κ2) is 17.1. The average molecular weight is 428 g/mol. The van der Waals surface area contributed by atoms with E-state index in [0.717, 1.165) is 12.8 Å². The Labute approximate surface area is 138 Å². The zero-order valence-electron chi connectivity index (χ0n) is 10.9. The number of hydrogen-bond acceptors (Lipinski definition) is 0. The number of hydrogen-bond donors (Lipinski definition) is 0. The molecule has 0 atom stereocenters. The van der Waals surface area contributed by atoms with Crippen molar-refractivity contribution in [2.45, 2.75) is 44.9 Å². The van der Waals surface area contributed by atoms with Gasteiger partial charge in [0.2, 0.25) is 0 Å². The van der Waals surface area contributed by atoms with Gasteiger partial charge in [0, 0.05) is 25.8 Å². The summed E-state index contributed by atoms with van der Waals surface area (Å²) in [4.78, 5) is 0. The van der Waals surface area contributed by atoms with E-state index in [4.69, 9.17) is 0 Å². The van der Waals surface area contributed by atoms with Crippen LogP contribution in [0, 0.1) is 18.6 Å². The Balaban J connectivity index is 0. The summed E-state index contributed by atoms with van der Waals surface area (Å²) in [6, 6.07) is 0. The van der Waals surface area contributed by atoms with Gasteiger partial charge in [-0.15, -0.1) is 25.2 Å². The molecule has 0 amide bonds. The van der Waals surface area contributed by atoms with Gasteiger partial charge in [-0.05, 0) is 0 Å². The van der Waals surface area contributed by atoms with Crippen LogP contribution < -0.4 is 0 Å². The van der Waals surface area contributed by atoms with E-state index < -0.39 is 0 Å². The quantitative estimate of drug-likeness (QED) is 0.368. The van der Waals surface area contributed by atoms with Crippen molar-refractivity contribution < 1.29 is 25.8 Å². The maximum Gasteiger partial charge on any atom is 0 e. The average Bonchev–Trinajstić information content (AvgIpc) is 3.10. The Hall–Kier alpha value is 0.120. The normalized spacial score (nSPS) is 17.8. The molecule has 3 aliphatic rings. The van der Waals surface area contributed by atoms with E-state index in [0.29, 0.717) is 0 Å². The number of rotatable bonds is 0. The van der Waals surface area contributed by atoms with Gasteiger partial charge >= 0.3 is 0 Å². The van der Waals surface area contributed by atoms with Gasteiger partial charge in [0.05, 0.1) is 0 Å². The van der Waals surface area contributed by atoms with E-state index in [1.165, 1.54) is 32.1 Å². The van der Waals surface area contributed by atoms with E-state index in [1.807, 2.05) is 24.3 Å². The van der Waals surface area contributed by atoms with Crippen molar-refractivity contribution in [3.05, 3.63) is 55.0 Å². The molecule has 0 radical (unpaired) electrons. The maximum absolute atomic E-state index is 2.99. The minimum absolute atomic E-state index is 0. The molecule has 0 aliphatic heterocycles. The molecule has 0 aromatic carbocycles. The predicted molar refractivity (Wildman–Crippen MR) is 77.8 cm³/mol.